The smallest absolute Gasteiger partial charge is 0.213 e. The summed E-state index contributed by atoms with van der Waals surface area (Å²) < 4.78 is 5.56. The summed E-state index contributed by atoms with van der Waals surface area (Å²) in [5.74, 6) is 0.701. The number of nitrogens with one attached hydrogen (secondary N) is 1. The molecule has 1 rings (SSSR count). The Bertz CT molecular complexity index is 361. The summed E-state index contributed by atoms with van der Waals surface area (Å²) in [6.07, 6.45) is 2.69. The molecule has 1 N–H and O–H groups in total. The van der Waals surface area contributed by atoms with Gasteiger partial charge in [0.1, 0.15) is 0 Å². The Morgan fingerprint density at radius 2 is 2.24 bits per heavy atom. The molecule has 0 saturated heterocycles. The van der Waals surface area contributed by atoms with E-state index in [0.29, 0.717) is 18.5 Å². The van der Waals surface area contributed by atoms with E-state index >= 15 is 0 Å². The second-order valence-electron chi connectivity index (χ2n) is 4.42. The molecular formula is C14H22N2O. The highest BCUT2D eigenvalue weighted by Gasteiger charge is 2.02. The number of nitrogens with zero attached hydrogens (tertiary/aromatic N) is 1. The molecular weight excluding hydrogens is 212 g/mol. The second-order valence-corrected chi connectivity index (χ2v) is 4.42. The van der Waals surface area contributed by atoms with Crippen LogP contribution in [0, 0.1) is 6.92 Å². The number of rotatable bonds is 7. The first-order valence-electron chi connectivity index (χ1n) is 6.06. The van der Waals surface area contributed by atoms with Crippen molar-refractivity contribution in [1.29, 1.82) is 0 Å². The van der Waals surface area contributed by atoms with Crippen LogP contribution < -0.4 is 10.1 Å². The maximum absolute atomic E-state index is 5.56. The molecule has 0 amide bonds. The van der Waals surface area contributed by atoms with Crippen molar-refractivity contribution < 1.29 is 4.74 Å². The molecule has 0 bridgehead atoms. The van der Waals surface area contributed by atoms with Crippen LogP contribution >= 0.6 is 0 Å². The van der Waals surface area contributed by atoms with E-state index < -0.39 is 0 Å². The summed E-state index contributed by atoms with van der Waals surface area (Å²) in [6.45, 7) is 11.4. The third-order valence-electron chi connectivity index (χ3n) is 2.28. The van der Waals surface area contributed by atoms with Crippen molar-refractivity contribution >= 4 is 0 Å². The van der Waals surface area contributed by atoms with Gasteiger partial charge in [0, 0.05) is 24.3 Å². The van der Waals surface area contributed by atoms with E-state index in [1.54, 1.807) is 0 Å². The summed E-state index contributed by atoms with van der Waals surface area (Å²) >= 11 is 0. The lowest BCUT2D eigenvalue weighted by atomic mass is 10.2. The summed E-state index contributed by atoms with van der Waals surface area (Å²) in [5.41, 5.74) is 2.20. The highest BCUT2D eigenvalue weighted by atomic mass is 16.5. The first-order chi connectivity index (χ1) is 8.11. The molecule has 0 aliphatic heterocycles. The highest BCUT2D eigenvalue weighted by molar-refractivity contribution is 5.24. The van der Waals surface area contributed by atoms with Crippen LogP contribution in [0.5, 0.6) is 5.88 Å². The van der Waals surface area contributed by atoms with Crippen molar-refractivity contribution in [3.8, 4) is 5.88 Å². The van der Waals surface area contributed by atoms with Gasteiger partial charge in [0.2, 0.25) is 5.88 Å². The van der Waals surface area contributed by atoms with Crippen LogP contribution in [0.3, 0.4) is 0 Å². The van der Waals surface area contributed by atoms with Gasteiger partial charge in [0.15, 0.2) is 0 Å². The summed E-state index contributed by atoms with van der Waals surface area (Å²) in [6, 6.07) is 4.55. The number of hydrogen-bond acceptors (Lipinski definition) is 3. The van der Waals surface area contributed by atoms with Crippen molar-refractivity contribution in [2.24, 2.45) is 0 Å². The monoisotopic (exact) mass is 234 g/mol. The Balaban J connectivity index is 2.61. The zero-order valence-electron chi connectivity index (χ0n) is 11.0. The van der Waals surface area contributed by atoms with Crippen molar-refractivity contribution in [2.45, 2.75) is 39.8 Å². The van der Waals surface area contributed by atoms with E-state index in [-0.39, 0.29) is 0 Å². The first kappa shape index (κ1) is 13.7. The van der Waals surface area contributed by atoms with Crippen LogP contribution in [0.25, 0.3) is 0 Å². The predicted molar refractivity (Wildman–Crippen MR) is 71.3 cm³/mol. The Morgan fingerprint density at radius 3 is 2.88 bits per heavy atom. The minimum Gasteiger partial charge on any atom is -0.477 e. The first-order valence-corrected chi connectivity index (χ1v) is 6.06. The molecule has 0 aliphatic carbocycles. The normalized spacial score (nSPS) is 10.6. The second kappa shape index (κ2) is 7.07. The molecule has 0 saturated carbocycles. The van der Waals surface area contributed by atoms with Gasteiger partial charge >= 0.3 is 0 Å². The average molecular weight is 234 g/mol. The van der Waals surface area contributed by atoms with Gasteiger partial charge in [-0.1, -0.05) is 19.9 Å². The zero-order valence-corrected chi connectivity index (χ0v) is 11.0. The van der Waals surface area contributed by atoms with Gasteiger partial charge in [-0.25, -0.2) is 4.98 Å². The maximum Gasteiger partial charge on any atom is 0.213 e. The summed E-state index contributed by atoms with van der Waals surface area (Å²) in [7, 11) is 0. The molecule has 0 unspecified atom stereocenters. The van der Waals surface area contributed by atoms with Crippen LogP contribution in [-0.4, -0.2) is 17.6 Å². The van der Waals surface area contributed by atoms with E-state index in [1.165, 1.54) is 5.56 Å². The van der Waals surface area contributed by atoms with Crippen LogP contribution in [0.1, 0.15) is 31.5 Å². The van der Waals surface area contributed by atoms with E-state index in [0.717, 1.165) is 18.7 Å². The molecule has 1 heterocycles. The molecule has 0 aliphatic rings. The van der Waals surface area contributed by atoms with Crippen molar-refractivity contribution in [2.75, 3.05) is 6.61 Å². The quantitative estimate of drug-likeness (QED) is 0.582. The zero-order chi connectivity index (χ0) is 12.7. The molecule has 1 aromatic rings. The average Bonchev–Trinajstić information content (AvgIpc) is 2.26. The molecule has 0 spiro atoms. The van der Waals surface area contributed by atoms with Crippen LogP contribution in [0.2, 0.25) is 0 Å². The van der Waals surface area contributed by atoms with E-state index in [2.05, 4.69) is 36.8 Å². The van der Waals surface area contributed by atoms with Gasteiger partial charge in [-0.05, 0) is 25.0 Å². The molecule has 17 heavy (non-hydrogen) atoms. The lowest BCUT2D eigenvalue weighted by molar-refractivity contribution is 0.311. The standard InChI is InChI=1S/C14H22N2O/c1-5-6-7-17-14-9-13(8-12(4)16-14)10-15-11(2)3/h5,8-9,11,15H,1,6-7,10H2,2-4H3. The van der Waals surface area contributed by atoms with E-state index in [4.69, 9.17) is 4.74 Å². The molecule has 0 aromatic carbocycles. The number of hydrogen-bond donors (Lipinski definition) is 1. The lowest BCUT2D eigenvalue weighted by Crippen LogP contribution is -2.22. The summed E-state index contributed by atoms with van der Waals surface area (Å²) in [5, 5.41) is 3.38. The molecule has 94 valence electrons. The maximum atomic E-state index is 5.56. The van der Waals surface area contributed by atoms with Crippen LogP contribution in [-0.2, 0) is 6.54 Å². The molecule has 3 nitrogen and oxygen atoms in total. The SMILES string of the molecule is C=CCCOc1cc(CNC(C)C)cc(C)n1. The molecule has 1 aromatic heterocycles. The number of aromatic nitrogens is 1. The Kier molecular flexibility index (Phi) is 5.70. The third kappa shape index (κ3) is 5.50. The largest absolute Gasteiger partial charge is 0.477 e. The Labute approximate surface area is 104 Å². The third-order valence-corrected chi connectivity index (χ3v) is 2.28. The fourth-order valence-electron chi connectivity index (χ4n) is 1.45. The minimum absolute atomic E-state index is 0.480. The predicted octanol–water partition coefficient (Wildman–Crippen LogP) is 2.84. The molecule has 0 radical (unpaired) electrons. The highest BCUT2D eigenvalue weighted by Crippen LogP contribution is 2.12. The molecule has 3 heteroatoms. The molecule has 0 fully saturated rings. The van der Waals surface area contributed by atoms with Crippen LogP contribution in [0.4, 0.5) is 0 Å². The van der Waals surface area contributed by atoms with E-state index in [9.17, 15) is 0 Å². The van der Waals surface area contributed by atoms with Gasteiger partial charge < -0.3 is 10.1 Å². The van der Waals surface area contributed by atoms with Gasteiger partial charge in [0.25, 0.3) is 0 Å². The van der Waals surface area contributed by atoms with Crippen molar-refractivity contribution in [1.82, 2.24) is 10.3 Å². The van der Waals surface area contributed by atoms with Crippen LogP contribution in [0.15, 0.2) is 24.8 Å². The van der Waals surface area contributed by atoms with Crippen molar-refractivity contribution in [3.63, 3.8) is 0 Å². The van der Waals surface area contributed by atoms with Crippen molar-refractivity contribution in [3.05, 3.63) is 36.0 Å². The summed E-state index contributed by atoms with van der Waals surface area (Å²) in [4.78, 5) is 4.35. The van der Waals surface area contributed by atoms with Gasteiger partial charge in [-0.3, -0.25) is 0 Å². The fraction of sp³-hybridized carbons (Fsp3) is 0.500. The van der Waals surface area contributed by atoms with Gasteiger partial charge in [-0.2, -0.15) is 0 Å². The van der Waals surface area contributed by atoms with E-state index in [1.807, 2.05) is 19.1 Å². The molecule has 0 atom stereocenters. The Hall–Kier alpha value is -1.35. The van der Waals surface area contributed by atoms with Gasteiger partial charge in [0.05, 0.1) is 6.61 Å². The minimum atomic E-state index is 0.480. The fourth-order valence-corrected chi connectivity index (χ4v) is 1.45. The number of pyridine rings is 1. The number of aryl methyl sites for hydroxylation is 1. The number of ether oxygens (including phenoxy) is 1. The van der Waals surface area contributed by atoms with Gasteiger partial charge in [-0.15, -0.1) is 6.58 Å². The topological polar surface area (TPSA) is 34.1 Å². The Morgan fingerprint density at radius 1 is 1.47 bits per heavy atom. The lowest BCUT2D eigenvalue weighted by Gasteiger charge is -2.10.